The van der Waals surface area contributed by atoms with Gasteiger partial charge in [-0.15, -0.1) is 0 Å². The zero-order chi connectivity index (χ0) is 32.7. The summed E-state index contributed by atoms with van der Waals surface area (Å²) in [6.07, 6.45) is 3.01. The molecule has 2 saturated carbocycles. The molecule has 246 valence electrons. The summed E-state index contributed by atoms with van der Waals surface area (Å²) in [5, 5.41) is 8.56. The number of ketones is 1. The van der Waals surface area contributed by atoms with Crippen molar-refractivity contribution < 1.29 is 33.5 Å². The molecule has 2 unspecified atom stereocenters. The Morgan fingerprint density at radius 3 is 2.16 bits per heavy atom. The van der Waals surface area contributed by atoms with Gasteiger partial charge in [0, 0.05) is 25.7 Å². The van der Waals surface area contributed by atoms with Crippen LogP contribution >= 0.6 is 0 Å². The van der Waals surface area contributed by atoms with Crippen LogP contribution in [0.1, 0.15) is 80.6 Å². The average Bonchev–Trinajstić information content (AvgIpc) is 3.20. The Kier molecular flexibility index (Phi) is 9.56. The maximum absolute atomic E-state index is 14.2. The number of likely N-dealkylation sites (tertiary alicyclic amines) is 2. The molecule has 2 aliphatic heterocycles. The highest BCUT2D eigenvalue weighted by Crippen LogP contribution is 2.65. The van der Waals surface area contributed by atoms with Gasteiger partial charge in [-0.25, -0.2) is 9.59 Å². The fraction of sp³-hybridized carbons (Fsp3) is 0.806. The summed E-state index contributed by atoms with van der Waals surface area (Å²) in [5.74, 6) is -2.97. The molecule has 5 N–H and O–H groups in total. The number of ether oxygens (including phenoxy) is 1. The van der Waals surface area contributed by atoms with Crippen molar-refractivity contribution in [1.82, 2.24) is 25.8 Å². The highest BCUT2D eigenvalue weighted by Gasteiger charge is 2.70. The number of carbonyl (C=O) groups excluding carboxylic acids is 6. The third kappa shape index (κ3) is 6.96. The van der Waals surface area contributed by atoms with Crippen LogP contribution in [-0.2, 0) is 23.9 Å². The number of fused-ring (bicyclic) bond motifs is 1. The first-order chi connectivity index (χ1) is 20.4. The van der Waals surface area contributed by atoms with E-state index in [0.29, 0.717) is 45.3 Å². The number of hydrogen-bond donors (Lipinski definition) is 4. The predicted molar refractivity (Wildman–Crippen MR) is 161 cm³/mol. The second-order valence-corrected chi connectivity index (χ2v) is 14.9. The van der Waals surface area contributed by atoms with Gasteiger partial charge in [0.2, 0.25) is 17.6 Å². The lowest BCUT2D eigenvalue weighted by atomic mass is 9.78. The third-order valence-corrected chi connectivity index (χ3v) is 9.94. The molecule has 4 fully saturated rings. The molecule has 2 heterocycles. The molecule has 0 bridgehead atoms. The molecule has 0 radical (unpaired) electrons. The first kappa shape index (κ1) is 33.5. The highest BCUT2D eigenvalue weighted by atomic mass is 16.6. The minimum atomic E-state index is -1.09. The second-order valence-electron chi connectivity index (χ2n) is 14.9. The largest absolute Gasteiger partial charge is 0.447 e. The van der Waals surface area contributed by atoms with Gasteiger partial charge in [-0.1, -0.05) is 41.0 Å². The van der Waals surface area contributed by atoms with Gasteiger partial charge < -0.3 is 36.2 Å². The number of carbonyl (C=O) groups is 6. The van der Waals surface area contributed by atoms with E-state index in [9.17, 15) is 28.8 Å². The SMILES string of the molecule is CC(C)OC(=O)N1CCCC(NC(=O)N[C@H](C(=O)N2C[C@H]3[C@@H]([C@H]2C(=O)NC(C(=O)C(N)=O)C2CCC2)C3(C)C)C(C)(C)C)C1. The van der Waals surface area contributed by atoms with Crippen molar-refractivity contribution in [2.75, 3.05) is 19.6 Å². The minimum Gasteiger partial charge on any atom is -0.447 e. The number of rotatable bonds is 9. The van der Waals surface area contributed by atoms with Gasteiger partial charge in [0.1, 0.15) is 18.1 Å². The van der Waals surface area contributed by atoms with Crippen molar-refractivity contribution in [3.05, 3.63) is 0 Å². The molecule has 13 nitrogen and oxygen atoms in total. The molecule has 0 aromatic carbocycles. The van der Waals surface area contributed by atoms with Gasteiger partial charge in [-0.2, -0.15) is 0 Å². The number of nitrogens with zero attached hydrogens (tertiary/aromatic N) is 2. The summed E-state index contributed by atoms with van der Waals surface area (Å²) in [7, 11) is 0. The van der Waals surface area contributed by atoms with Gasteiger partial charge in [0.05, 0.1) is 6.10 Å². The maximum atomic E-state index is 14.2. The van der Waals surface area contributed by atoms with Gasteiger partial charge in [0.25, 0.3) is 5.91 Å². The van der Waals surface area contributed by atoms with E-state index in [-0.39, 0.29) is 41.2 Å². The van der Waals surface area contributed by atoms with Crippen LogP contribution in [0.5, 0.6) is 0 Å². The molecule has 6 atom stereocenters. The van der Waals surface area contributed by atoms with E-state index in [0.717, 1.165) is 6.42 Å². The first-order valence-electron chi connectivity index (χ1n) is 15.9. The molecule has 4 rings (SSSR count). The van der Waals surface area contributed by atoms with Crippen LogP contribution in [0.3, 0.4) is 0 Å². The van der Waals surface area contributed by atoms with Crippen LogP contribution in [0.15, 0.2) is 0 Å². The lowest BCUT2D eigenvalue weighted by Gasteiger charge is -2.39. The summed E-state index contributed by atoms with van der Waals surface area (Å²) < 4.78 is 5.30. The Morgan fingerprint density at radius 1 is 0.955 bits per heavy atom. The number of nitrogens with one attached hydrogen (secondary N) is 3. The first-order valence-corrected chi connectivity index (χ1v) is 15.9. The van der Waals surface area contributed by atoms with E-state index in [4.69, 9.17) is 10.5 Å². The fourth-order valence-electron chi connectivity index (χ4n) is 7.09. The summed E-state index contributed by atoms with van der Waals surface area (Å²) in [4.78, 5) is 81.1. The Hall–Kier alpha value is -3.38. The summed E-state index contributed by atoms with van der Waals surface area (Å²) in [6, 6.07) is -3.67. The Balaban J connectivity index is 1.47. The molecule has 0 aromatic heterocycles. The molecular formula is C31H50N6O7. The van der Waals surface area contributed by atoms with E-state index < -0.39 is 53.3 Å². The molecule has 0 spiro atoms. The van der Waals surface area contributed by atoms with E-state index in [1.807, 2.05) is 20.8 Å². The number of nitrogens with two attached hydrogens (primary N) is 1. The summed E-state index contributed by atoms with van der Waals surface area (Å²) in [6.45, 7) is 14.4. The number of primary amides is 1. The van der Waals surface area contributed by atoms with E-state index >= 15 is 0 Å². The van der Waals surface area contributed by atoms with Gasteiger partial charge >= 0.3 is 12.1 Å². The van der Waals surface area contributed by atoms with Gasteiger partial charge in [0.15, 0.2) is 0 Å². The fourth-order valence-corrected chi connectivity index (χ4v) is 7.09. The van der Waals surface area contributed by atoms with Crippen molar-refractivity contribution in [1.29, 1.82) is 0 Å². The number of urea groups is 1. The van der Waals surface area contributed by atoms with Crippen LogP contribution in [-0.4, -0.2) is 95.3 Å². The van der Waals surface area contributed by atoms with E-state index in [2.05, 4.69) is 29.8 Å². The summed E-state index contributed by atoms with van der Waals surface area (Å²) >= 11 is 0. The van der Waals surface area contributed by atoms with Crippen LogP contribution in [0.4, 0.5) is 9.59 Å². The number of hydrogen-bond acceptors (Lipinski definition) is 7. The molecule has 13 heteroatoms. The lowest BCUT2D eigenvalue weighted by Crippen LogP contribution is -2.62. The van der Waals surface area contributed by atoms with Crippen molar-refractivity contribution in [2.45, 2.75) is 111 Å². The van der Waals surface area contributed by atoms with Gasteiger partial charge in [-0.3, -0.25) is 19.2 Å². The smallest absolute Gasteiger partial charge is 0.410 e. The number of Topliss-reactive ketones (excluding diaryl/α,β-unsaturated/α-hetero) is 1. The molecule has 4 aliphatic rings. The lowest BCUT2D eigenvalue weighted by molar-refractivity contribution is -0.145. The maximum Gasteiger partial charge on any atom is 0.410 e. The molecule has 6 amide bonds. The molecule has 44 heavy (non-hydrogen) atoms. The van der Waals surface area contributed by atoms with Crippen LogP contribution in [0.2, 0.25) is 0 Å². The van der Waals surface area contributed by atoms with E-state index in [1.165, 1.54) is 4.90 Å². The van der Waals surface area contributed by atoms with Crippen molar-refractivity contribution >= 4 is 35.6 Å². The Bertz CT molecular complexity index is 1180. The number of piperidine rings is 2. The average molecular weight is 619 g/mol. The van der Waals surface area contributed by atoms with Crippen molar-refractivity contribution in [3.63, 3.8) is 0 Å². The predicted octanol–water partition coefficient (Wildman–Crippen LogP) is 1.53. The zero-order valence-electron chi connectivity index (χ0n) is 27.1. The van der Waals surface area contributed by atoms with E-state index in [1.54, 1.807) is 18.7 Å². The molecular weight excluding hydrogens is 568 g/mol. The molecule has 0 aromatic rings. The second kappa shape index (κ2) is 12.5. The zero-order valence-corrected chi connectivity index (χ0v) is 27.1. The van der Waals surface area contributed by atoms with Crippen molar-refractivity contribution in [3.8, 4) is 0 Å². The highest BCUT2D eigenvalue weighted by molar-refractivity contribution is 6.38. The molecule has 2 saturated heterocycles. The van der Waals surface area contributed by atoms with Crippen LogP contribution in [0.25, 0.3) is 0 Å². The Morgan fingerprint density at radius 2 is 1.61 bits per heavy atom. The van der Waals surface area contributed by atoms with Crippen molar-refractivity contribution in [2.24, 2.45) is 34.3 Å². The minimum absolute atomic E-state index is 0.0875. The standard InChI is InChI=1S/C31H50N6O7/c1-16(2)44-29(43)36-13-9-12-18(14-36)33-28(42)35-24(30(3,4)5)27(41)37-15-19-20(31(19,6)7)22(37)26(40)34-21(17-10-8-11-17)23(38)25(32)39/h16-22,24H,8-15H2,1-7H3,(H2,32,39)(H,34,40)(H2,33,35,42)/t18?,19-,20-,21?,22-,24+/m0/s1. The van der Waals surface area contributed by atoms with Crippen LogP contribution < -0.4 is 21.7 Å². The quantitative estimate of drug-likeness (QED) is 0.283. The monoisotopic (exact) mass is 618 g/mol. The number of amides is 6. The van der Waals surface area contributed by atoms with Crippen LogP contribution in [0, 0.1) is 28.6 Å². The molecule has 2 aliphatic carbocycles. The third-order valence-electron chi connectivity index (χ3n) is 9.94. The summed E-state index contributed by atoms with van der Waals surface area (Å²) in [5.41, 5.74) is 4.43. The van der Waals surface area contributed by atoms with Gasteiger partial charge in [-0.05, 0) is 68.1 Å². The Labute approximate surface area is 259 Å². The normalized spacial score (nSPS) is 27.4. The topological polar surface area (TPSA) is 180 Å².